The fourth-order valence-electron chi connectivity index (χ4n) is 2.09. The van der Waals surface area contributed by atoms with Crippen LogP contribution < -0.4 is 19.5 Å². The van der Waals surface area contributed by atoms with Gasteiger partial charge in [-0.15, -0.1) is 0 Å². The van der Waals surface area contributed by atoms with Gasteiger partial charge in [-0.1, -0.05) is 0 Å². The van der Waals surface area contributed by atoms with E-state index in [4.69, 9.17) is 14.2 Å². The number of rotatable bonds is 5. The summed E-state index contributed by atoms with van der Waals surface area (Å²) < 4.78 is 15.9. The largest absolute Gasteiger partial charge is 0.496 e. The SMILES string of the molecule is COc1cc(OC)c(CN2CCNC2=O)c(OC)c1. The zero-order chi connectivity index (χ0) is 13.8. The van der Waals surface area contributed by atoms with Gasteiger partial charge in [0.2, 0.25) is 0 Å². The molecule has 0 aromatic heterocycles. The summed E-state index contributed by atoms with van der Waals surface area (Å²) in [6.45, 7) is 1.79. The van der Waals surface area contributed by atoms with E-state index in [2.05, 4.69) is 5.32 Å². The van der Waals surface area contributed by atoms with Gasteiger partial charge < -0.3 is 24.4 Å². The van der Waals surface area contributed by atoms with Gasteiger partial charge in [0.05, 0.1) is 33.4 Å². The Balaban J connectivity index is 2.33. The lowest BCUT2D eigenvalue weighted by molar-refractivity contribution is 0.214. The Morgan fingerprint density at radius 2 is 1.79 bits per heavy atom. The molecule has 1 aromatic carbocycles. The number of urea groups is 1. The maximum atomic E-state index is 11.6. The highest BCUT2D eigenvalue weighted by atomic mass is 16.5. The highest BCUT2D eigenvalue weighted by Crippen LogP contribution is 2.35. The van der Waals surface area contributed by atoms with Crippen LogP contribution in [0.5, 0.6) is 17.2 Å². The summed E-state index contributed by atoms with van der Waals surface area (Å²) >= 11 is 0. The van der Waals surface area contributed by atoms with Crippen LogP contribution >= 0.6 is 0 Å². The summed E-state index contributed by atoms with van der Waals surface area (Å²) in [6, 6.07) is 3.50. The van der Waals surface area contributed by atoms with Crippen molar-refractivity contribution in [2.24, 2.45) is 0 Å². The van der Waals surface area contributed by atoms with Crippen LogP contribution in [0.2, 0.25) is 0 Å². The number of nitrogens with one attached hydrogen (secondary N) is 1. The van der Waals surface area contributed by atoms with Gasteiger partial charge in [-0.25, -0.2) is 4.79 Å². The Kier molecular flexibility index (Phi) is 3.99. The molecule has 19 heavy (non-hydrogen) atoms. The van der Waals surface area contributed by atoms with Crippen LogP contribution in [0.15, 0.2) is 12.1 Å². The maximum Gasteiger partial charge on any atom is 0.317 e. The van der Waals surface area contributed by atoms with Crippen molar-refractivity contribution in [1.29, 1.82) is 0 Å². The van der Waals surface area contributed by atoms with Crippen molar-refractivity contribution in [3.63, 3.8) is 0 Å². The zero-order valence-electron chi connectivity index (χ0n) is 11.4. The normalized spacial score (nSPS) is 14.3. The van der Waals surface area contributed by atoms with Crippen molar-refractivity contribution in [3.8, 4) is 17.2 Å². The number of amides is 2. The van der Waals surface area contributed by atoms with Gasteiger partial charge in [0.1, 0.15) is 17.2 Å². The molecule has 0 atom stereocenters. The predicted molar refractivity (Wildman–Crippen MR) is 69.9 cm³/mol. The molecule has 0 spiro atoms. The van der Waals surface area contributed by atoms with E-state index in [-0.39, 0.29) is 6.03 Å². The van der Waals surface area contributed by atoms with Crippen LogP contribution in [0.25, 0.3) is 0 Å². The van der Waals surface area contributed by atoms with E-state index in [1.54, 1.807) is 38.4 Å². The molecule has 6 heteroatoms. The molecular weight excluding hydrogens is 248 g/mol. The Morgan fingerprint density at radius 3 is 2.21 bits per heavy atom. The van der Waals surface area contributed by atoms with E-state index in [0.29, 0.717) is 36.9 Å². The molecule has 1 saturated heterocycles. The summed E-state index contributed by atoms with van der Waals surface area (Å²) in [5.41, 5.74) is 0.836. The quantitative estimate of drug-likeness (QED) is 0.871. The Hall–Kier alpha value is -2.11. The van der Waals surface area contributed by atoms with E-state index in [1.165, 1.54) is 0 Å². The second-order valence-corrected chi connectivity index (χ2v) is 4.16. The summed E-state index contributed by atoms with van der Waals surface area (Å²) in [5.74, 6) is 1.95. The highest BCUT2D eigenvalue weighted by Gasteiger charge is 2.23. The van der Waals surface area contributed by atoms with Crippen molar-refractivity contribution < 1.29 is 19.0 Å². The highest BCUT2D eigenvalue weighted by molar-refractivity contribution is 5.76. The molecule has 2 rings (SSSR count). The number of ether oxygens (including phenoxy) is 3. The van der Waals surface area contributed by atoms with Crippen molar-refractivity contribution in [2.45, 2.75) is 6.54 Å². The number of hydrogen-bond donors (Lipinski definition) is 1. The molecule has 6 nitrogen and oxygen atoms in total. The summed E-state index contributed by atoms with van der Waals surface area (Å²) in [4.78, 5) is 13.3. The summed E-state index contributed by atoms with van der Waals surface area (Å²) in [6.07, 6.45) is 0. The molecule has 2 amide bonds. The van der Waals surface area contributed by atoms with Crippen molar-refractivity contribution in [2.75, 3.05) is 34.4 Å². The van der Waals surface area contributed by atoms with E-state index in [0.717, 1.165) is 5.56 Å². The average molecular weight is 266 g/mol. The lowest BCUT2D eigenvalue weighted by Crippen LogP contribution is -2.27. The van der Waals surface area contributed by atoms with Gasteiger partial charge in [-0.3, -0.25) is 0 Å². The van der Waals surface area contributed by atoms with Crippen LogP contribution in [-0.2, 0) is 6.54 Å². The summed E-state index contributed by atoms with van der Waals surface area (Å²) in [5, 5.41) is 2.77. The standard InChI is InChI=1S/C13H18N2O4/c1-17-9-6-11(18-2)10(12(7-9)19-3)8-15-5-4-14-13(15)16/h6-7H,4-5,8H2,1-3H3,(H,14,16). The van der Waals surface area contributed by atoms with Crippen molar-refractivity contribution >= 4 is 6.03 Å². The molecule has 1 fully saturated rings. The molecule has 0 saturated carbocycles. The monoisotopic (exact) mass is 266 g/mol. The van der Waals surface area contributed by atoms with E-state index in [1.807, 2.05) is 0 Å². The Morgan fingerprint density at radius 1 is 1.16 bits per heavy atom. The molecule has 0 bridgehead atoms. The smallest absolute Gasteiger partial charge is 0.317 e. The molecule has 1 N–H and O–H groups in total. The van der Waals surface area contributed by atoms with Crippen LogP contribution in [0.3, 0.4) is 0 Å². The fraction of sp³-hybridized carbons (Fsp3) is 0.462. The molecule has 1 aliphatic rings. The van der Waals surface area contributed by atoms with E-state index < -0.39 is 0 Å². The molecular formula is C13H18N2O4. The first-order chi connectivity index (χ1) is 9.19. The van der Waals surface area contributed by atoms with Gasteiger partial charge in [-0.05, 0) is 0 Å². The van der Waals surface area contributed by atoms with Crippen LogP contribution in [0.4, 0.5) is 4.79 Å². The van der Waals surface area contributed by atoms with Crippen molar-refractivity contribution in [1.82, 2.24) is 10.2 Å². The third kappa shape index (κ3) is 2.67. The summed E-state index contributed by atoms with van der Waals surface area (Å²) in [7, 11) is 4.76. The number of hydrogen-bond acceptors (Lipinski definition) is 4. The van der Waals surface area contributed by atoms with Gasteiger partial charge >= 0.3 is 6.03 Å². The molecule has 0 unspecified atom stereocenters. The van der Waals surface area contributed by atoms with Gasteiger partial charge in [0.15, 0.2) is 0 Å². The first kappa shape index (κ1) is 13.3. The minimum Gasteiger partial charge on any atom is -0.496 e. The molecule has 1 aliphatic heterocycles. The third-order valence-electron chi connectivity index (χ3n) is 3.11. The molecule has 0 aliphatic carbocycles. The van der Waals surface area contributed by atoms with Gasteiger partial charge in [0.25, 0.3) is 0 Å². The van der Waals surface area contributed by atoms with Crippen LogP contribution in [0.1, 0.15) is 5.56 Å². The molecule has 0 radical (unpaired) electrons. The van der Waals surface area contributed by atoms with E-state index >= 15 is 0 Å². The van der Waals surface area contributed by atoms with Gasteiger partial charge in [0, 0.05) is 25.2 Å². The Labute approximate surface area is 112 Å². The minimum atomic E-state index is -0.0695. The average Bonchev–Trinajstić information content (AvgIpc) is 2.84. The molecule has 1 aromatic rings. The topological polar surface area (TPSA) is 60.0 Å². The first-order valence-corrected chi connectivity index (χ1v) is 6.01. The second-order valence-electron chi connectivity index (χ2n) is 4.16. The third-order valence-corrected chi connectivity index (χ3v) is 3.11. The van der Waals surface area contributed by atoms with Crippen LogP contribution in [0, 0.1) is 0 Å². The lowest BCUT2D eigenvalue weighted by atomic mass is 10.1. The first-order valence-electron chi connectivity index (χ1n) is 6.01. The molecule has 1 heterocycles. The minimum absolute atomic E-state index is 0.0695. The Bertz CT molecular complexity index is 451. The second kappa shape index (κ2) is 5.69. The zero-order valence-corrected chi connectivity index (χ0v) is 11.4. The number of methoxy groups -OCH3 is 3. The number of nitrogens with zero attached hydrogens (tertiary/aromatic N) is 1. The predicted octanol–water partition coefficient (Wildman–Crippen LogP) is 1.24. The van der Waals surface area contributed by atoms with Crippen molar-refractivity contribution in [3.05, 3.63) is 17.7 Å². The van der Waals surface area contributed by atoms with Crippen LogP contribution in [-0.4, -0.2) is 45.3 Å². The fourth-order valence-corrected chi connectivity index (χ4v) is 2.09. The van der Waals surface area contributed by atoms with E-state index in [9.17, 15) is 4.79 Å². The number of benzene rings is 1. The lowest BCUT2D eigenvalue weighted by Gasteiger charge is -2.19. The number of carbonyl (C=O) groups excluding carboxylic acids is 1. The number of carbonyl (C=O) groups is 1. The maximum absolute atomic E-state index is 11.6. The van der Waals surface area contributed by atoms with Gasteiger partial charge in [-0.2, -0.15) is 0 Å². The molecule has 104 valence electrons.